The largest absolute Gasteiger partial charge is 0.334 e. The van der Waals surface area contributed by atoms with Gasteiger partial charge < -0.3 is 15.2 Å². The van der Waals surface area contributed by atoms with Crippen molar-refractivity contribution in [3.8, 4) is 11.5 Å². The average Bonchev–Trinajstić information content (AvgIpc) is 3.09. The summed E-state index contributed by atoms with van der Waals surface area (Å²) in [6.45, 7) is 2.89. The monoisotopic (exact) mass is 402 g/mol. The summed E-state index contributed by atoms with van der Waals surface area (Å²) in [6, 6.07) is 4.19. The van der Waals surface area contributed by atoms with E-state index in [-0.39, 0.29) is 11.9 Å². The summed E-state index contributed by atoms with van der Waals surface area (Å²) in [4.78, 5) is 6.66. The van der Waals surface area contributed by atoms with E-state index >= 15 is 0 Å². The topological polar surface area (TPSA) is 68.2 Å². The second-order valence-corrected chi connectivity index (χ2v) is 6.36. The molecule has 1 aromatic carbocycles. The third kappa shape index (κ3) is 3.41. The van der Waals surface area contributed by atoms with E-state index in [4.69, 9.17) is 10.3 Å². The highest BCUT2D eigenvalue weighted by Gasteiger charge is 2.21. The molecule has 0 amide bonds. The first-order valence-corrected chi connectivity index (χ1v) is 7.98. The maximum atomic E-state index is 13.1. The number of aromatic nitrogens is 2. The van der Waals surface area contributed by atoms with Crippen molar-refractivity contribution in [2.24, 2.45) is 5.73 Å². The van der Waals surface area contributed by atoms with Crippen LogP contribution < -0.4 is 5.73 Å². The summed E-state index contributed by atoms with van der Waals surface area (Å²) in [6.07, 6.45) is 2.44. The van der Waals surface area contributed by atoms with Crippen molar-refractivity contribution < 1.29 is 8.91 Å². The molecule has 2 aromatic rings. The van der Waals surface area contributed by atoms with Crippen molar-refractivity contribution >= 4 is 22.6 Å². The molecule has 1 fully saturated rings. The summed E-state index contributed by atoms with van der Waals surface area (Å²) in [5.41, 5.74) is 6.87. The van der Waals surface area contributed by atoms with E-state index in [1.165, 1.54) is 25.0 Å². The number of hydrogen-bond acceptors (Lipinski definition) is 5. The zero-order chi connectivity index (χ0) is 14.8. The van der Waals surface area contributed by atoms with Gasteiger partial charge in [-0.3, -0.25) is 0 Å². The molecule has 1 aliphatic rings. The van der Waals surface area contributed by atoms with Crippen molar-refractivity contribution in [3.05, 3.63) is 33.4 Å². The van der Waals surface area contributed by atoms with Crippen LogP contribution in [0.5, 0.6) is 0 Å². The third-order valence-corrected chi connectivity index (χ3v) is 4.48. The summed E-state index contributed by atoms with van der Waals surface area (Å²) in [7, 11) is 0. The highest BCUT2D eigenvalue weighted by molar-refractivity contribution is 14.1. The van der Waals surface area contributed by atoms with Gasteiger partial charge in [0, 0.05) is 10.1 Å². The minimum atomic E-state index is -0.284. The van der Waals surface area contributed by atoms with Gasteiger partial charge in [0.25, 0.3) is 5.89 Å². The van der Waals surface area contributed by atoms with E-state index in [1.807, 2.05) is 22.6 Å². The summed E-state index contributed by atoms with van der Waals surface area (Å²) < 4.78 is 19.1. The molecule has 112 valence electrons. The van der Waals surface area contributed by atoms with Gasteiger partial charge in [-0.25, -0.2) is 4.39 Å². The fourth-order valence-electron chi connectivity index (χ4n) is 2.48. The Morgan fingerprint density at radius 2 is 2.14 bits per heavy atom. The van der Waals surface area contributed by atoms with Crippen LogP contribution in [0, 0.1) is 9.39 Å². The van der Waals surface area contributed by atoms with Crippen molar-refractivity contribution in [3.63, 3.8) is 0 Å². The Bertz CT molecular complexity index is 627. The number of nitrogens with zero attached hydrogens (tertiary/aromatic N) is 3. The average molecular weight is 402 g/mol. The van der Waals surface area contributed by atoms with E-state index < -0.39 is 0 Å². The lowest BCUT2D eigenvalue weighted by Gasteiger charge is -2.17. The Hall–Kier alpha value is -1.06. The fourth-order valence-corrected chi connectivity index (χ4v) is 3.19. The zero-order valence-electron chi connectivity index (χ0n) is 11.4. The molecule has 5 nitrogen and oxygen atoms in total. The molecule has 0 radical (unpaired) electrons. The quantitative estimate of drug-likeness (QED) is 0.797. The van der Waals surface area contributed by atoms with Crippen LogP contribution in [0.15, 0.2) is 22.7 Å². The molecule has 1 aliphatic heterocycles. The van der Waals surface area contributed by atoms with Crippen LogP contribution in [0.4, 0.5) is 4.39 Å². The normalized spacial score (nSPS) is 17.3. The molecule has 21 heavy (non-hydrogen) atoms. The summed E-state index contributed by atoms with van der Waals surface area (Å²) in [5, 5.41) is 3.96. The number of nitrogens with two attached hydrogens (primary N) is 1. The molecule has 1 atom stereocenters. The molecular weight excluding hydrogens is 386 g/mol. The van der Waals surface area contributed by atoms with E-state index in [0.29, 0.717) is 11.7 Å². The standard InChI is InChI=1S/C14H16FIN4O/c15-9-3-4-10(11(16)7-9)14-18-13(19-21-14)12(17)8-20-5-1-2-6-20/h3-4,7,12H,1-2,5-6,8,17H2. The molecule has 1 unspecified atom stereocenters. The highest BCUT2D eigenvalue weighted by Crippen LogP contribution is 2.25. The minimum absolute atomic E-state index is 0.265. The molecule has 0 bridgehead atoms. The minimum Gasteiger partial charge on any atom is -0.334 e. The van der Waals surface area contributed by atoms with E-state index in [0.717, 1.165) is 28.8 Å². The van der Waals surface area contributed by atoms with Gasteiger partial charge >= 0.3 is 0 Å². The molecule has 1 aromatic heterocycles. The van der Waals surface area contributed by atoms with Crippen LogP contribution in [0.1, 0.15) is 24.7 Å². The fraction of sp³-hybridized carbons (Fsp3) is 0.429. The van der Waals surface area contributed by atoms with Crippen molar-refractivity contribution in [1.82, 2.24) is 15.0 Å². The van der Waals surface area contributed by atoms with E-state index in [1.54, 1.807) is 6.07 Å². The van der Waals surface area contributed by atoms with Gasteiger partial charge in [-0.05, 0) is 66.7 Å². The maximum Gasteiger partial charge on any atom is 0.259 e. The predicted octanol–water partition coefficient (Wildman–Crippen LogP) is 2.58. The third-order valence-electron chi connectivity index (χ3n) is 3.59. The predicted molar refractivity (Wildman–Crippen MR) is 85.0 cm³/mol. The summed E-state index contributed by atoms with van der Waals surface area (Å²) in [5.74, 6) is 0.594. The van der Waals surface area contributed by atoms with Crippen LogP contribution in [-0.2, 0) is 0 Å². The highest BCUT2D eigenvalue weighted by atomic mass is 127. The van der Waals surface area contributed by atoms with Gasteiger partial charge in [0.1, 0.15) is 5.82 Å². The van der Waals surface area contributed by atoms with Gasteiger partial charge in [-0.15, -0.1) is 0 Å². The molecule has 0 saturated carbocycles. The van der Waals surface area contributed by atoms with Crippen molar-refractivity contribution in [1.29, 1.82) is 0 Å². The first-order valence-electron chi connectivity index (χ1n) is 6.90. The van der Waals surface area contributed by atoms with Crippen LogP contribution in [0.25, 0.3) is 11.5 Å². The van der Waals surface area contributed by atoms with Gasteiger partial charge in [0.2, 0.25) is 0 Å². The molecule has 3 rings (SSSR count). The van der Waals surface area contributed by atoms with Crippen molar-refractivity contribution in [2.45, 2.75) is 18.9 Å². The Morgan fingerprint density at radius 1 is 1.38 bits per heavy atom. The number of rotatable bonds is 4. The number of benzene rings is 1. The SMILES string of the molecule is NC(CN1CCCC1)c1noc(-c2ccc(F)cc2I)n1. The summed E-state index contributed by atoms with van der Waals surface area (Å²) >= 11 is 2.05. The Kier molecular flexibility index (Phi) is 4.51. The lowest BCUT2D eigenvalue weighted by molar-refractivity contribution is 0.306. The van der Waals surface area contributed by atoms with Gasteiger partial charge in [-0.1, -0.05) is 5.16 Å². The molecule has 1 saturated heterocycles. The lowest BCUT2D eigenvalue weighted by Crippen LogP contribution is -2.30. The lowest BCUT2D eigenvalue weighted by atomic mass is 10.2. The van der Waals surface area contributed by atoms with E-state index in [2.05, 4.69) is 15.0 Å². The first kappa shape index (κ1) is 14.9. The van der Waals surface area contributed by atoms with Crippen LogP contribution in [-0.4, -0.2) is 34.7 Å². The maximum absolute atomic E-state index is 13.1. The van der Waals surface area contributed by atoms with Gasteiger partial charge in [-0.2, -0.15) is 4.98 Å². The Labute approximate surface area is 135 Å². The molecule has 0 spiro atoms. The molecule has 2 N–H and O–H groups in total. The van der Waals surface area contributed by atoms with Crippen LogP contribution in [0.3, 0.4) is 0 Å². The molecule has 0 aliphatic carbocycles. The van der Waals surface area contributed by atoms with Crippen molar-refractivity contribution in [2.75, 3.05) is 19.6 Å². The van der Waals surface area contributed by atoms with Crippen LogP contribution >= 0.6 is 22.6 Å². The van der Waals surface area contributed by atoms with Crippen LogP contribution in [0.2, 0.25) is 0 Å². The number of halogens is 2. The second-order valence-electron chi connectivity index (χ2n) is 5.20. The zero-order valence-corrected chi connectivity index (χ0v) is 13.6. The second kappa shape index (κ2) is 6.37. The molecular formula is C14H16FIN4O. The van der Waals surface area contributed by atoms with Gasteiger partial charge in [0.05, 0.1) is 11.6 Å². The molecule has 7 heteroatoms. The number of hydrogen-bond donors (Lipinski definition) is 1. The Morgan fingerprint density at radius 3 is 2.86 bits per heavy atom. The molecule has 2 heterocycles. The smallest absolute Gasteiger partial charge is 0.259 e. The van der Waals surface area contributed by atoms with E-state index in [9.17, 15) is 4.39 Å². The Balaban J connectivity index is 1.76. The number of likely N-dealkylation sites (tertiary alicyclic amines) is 1. The van der Waals surface area contributed by atoms with Gasteiger partial charge in [0.15, 0.2) is 5.82 Å². The first-order chi connectivity index (χ1) is 10.1.